The maximum atomic E-state index is 11.9. The Balaban J connectivity index is 3.00. The molecular formula is C12H11Cl2NO3. The highest BCUT2D eigenvalue weighted by Crippen LogP contribution is 2.25. The zero-order valence-electron chi connectivity index (χ0n) is 9.54. The molecular weight excluding hydrogens is 277 g/mol. The summed E-state index contributed by atoms with van der Waals surface area (Å²) in [4.78, 5) is 22.9. The smallest absolute Gasteiger partial charge is 0.322 e. The average molecular weight is 288 g/mol. The maximum Gasteiger partial charge on any atom is 0.322 e. The van der Waals surface area contributed by atoms with E-state index in [-0.39, 0.29) is 0 Å². The number of rotatable bonds is 4. The van der Waals surface area contributed by atoms with E-state index in [4.69, 9.17) is 28.3 Å². The fourth-order valence-electron chi connectivity index (χ4n) is 1.16. The maximum absolute atomic E-state index is 11.9. The summed E-state index contributed by atoms with van der Waals surface area (Å²) in [5.74, 6) is -2.01. The second-order valence-electron chi connectivity index (χ2n) is 3.82. The minimum atomic E-state index is -1.71. The van der Waals surface area contributed by atoms with Gasteiger partial charge in [0, 0.05) is 15.7 Å². The Morgan fingerprint density at radius 1 is 1.33 bits per heavy atom. The number of nitrogens with one attached hydrogen (secondary N) is 1. The van der Waals surface area contributed by atoms with Crippen molar-refractivity contribution in [1.29, 1.82) is 0 Å². The molecule has 0 aliphatic carbocycles. The van der Waals surface area contributed by atoms with Crippen molar-refractivity contribution in [3.63, 3.8) is 0 Å². The quantitative estimate of drug-likeness (QED) is 0.660. The van der Waals surface area contributed by atoms with Crippen molar-refractivity contribution >= 4 is 40.8 Å². The van der Waals surface area contributed by atoms with Gasteiger partial charge in [0.1, 0.15) is 0 Å². The molecule has 0 aliphatic heterocycles. The number of carbonyl (C=O) groups is 2. The number of aliphatic carboxylic acids is 1. The third kappa shape index (κ3) is 3.03. The molecule has 0 spiro atoms. The van der Waals surface area contributed by atoms with Gasteiger partial charge in [-0.3, -0.25) is 9.59 Å². The van der Waals surface area contributed by atoms with Gasteiger partial charge in [-0.15, -0.1) is 6.58 Å². The summed E-state index contributed by atoms with van der Waals surface area (Å²) in [5, 5.41) is 12.1. The molecule has 4 nitrogen and oxygen atoms in total. The number of hydrogen-bond donors (Lipinski definition) is 2. The van der Waals surface area contributed by atoms with Crippen LogP contribution in [0.2, 0.25) is 10.0 Å². The Labute approximate surface area is 114 Å². The lowest BCUT2D eigenvalue weighted by Crippen LogP contribution is -2.38. The van der Waals surface area contributed by atoms with Crippen LogP contribution in [0.15, 0.2) is 30.9 Å². The van der Waals surface area contributed by atoms with Crippen LogP contribution in [0.5, 0.6) is 0 Å². The van der Waals surface area contributed by atoms with E-state index in [9.17, 15) is 9.59 Å². The summed E-state index contributed by atoms with van der Waals surface area (Å²) >= 11 is 11.5. The second-order valence-corrected chi connectivity index (χ2v) is 4.70. The third-order valence-corrected chi connectivity index (χ3v) is 2.88. The van der Waals surface area contributed by atoms with Gasteiger partial charge in [-0.2, -0.15) is 0 Å². The first-order valence-corrected chi connectivity index (χ1v) is 5.69. The second kappa shape index (κ2) is 5.42. The van der Waals surface area contributed by atoms with Crippen LogP contribution in [0.4, 0.5) is 5.69 Å². The van der Waals surface area contributed by atoms with E-state index in [1.807, 2.05) is 0 Å². The fraction of sp³-hybridized carbons (Fsp3) is 0.167. The molecule has 0 fully saturated rings. The first-order valence-electron chi connectivity index (χ1n) is 4.94. The Kier molecular flexibility index (Phi) is 4.38. The molecule has 0 radical (unpaired) electrons. The standard InChI is InChI=1S/C12H11Cl2NO3/c1-3-12(2,11(17)18)10(16)15-9-5-7(13)4-8(14)6-9/h3-6H,1H2,2H3,(H,15,16)(H,17,18). The van der Waals surface area contributed by atoms with Crippen molar-refractivity contribution in [1.82, 2.24) is 0 Å². The van der Waals surface area contributed by atoms with Gasteiger partial charge in [-0.1, -0.05) is 29.3 Å². The Hall–Kier alpha value is -1.52. The monoisotopic (exact) mass is 287 g/mol. The van der Waals surface area contributed by atoms with Gasteiger partial charge in [0.15, 0.2) is 5.41 Å². The zero-order chi connectivity index (χ0) is 13.9. The van der Waals surface area contributed by atoms with E-state index < -0.39 is 17.3 Å². The predicted molar refractivity (Wildman–Crippen MR) is 71.0 cm³/mol. The van der Waals surface area contributed by atoms with E-state index >= 15 is 0 Å². The number of amides is 1. The molecule has 0 saturated heterocycles. The molecule has 1 aromatic carbocycles. The Bertz CT molecular complexity index is 496. The predicted octanol–water partition coefficient (Wildman–Crippen LogP) is 3.21. The molecule has 0 saturated carbocycles. The van der Waals surface area contributed by atoms with Crippen LogP contribution < -0.4 is 5.32 Å². The van der Waals surface area contributed by atoms with Crippen LogP contribution in [-0.4, -0.2) is 17.0 Å². The number of anilines is 1. The summed E-state index contributed by atoms with van der Waals surface area (Å²) in [7, 11) is 0. The molecule has 1 unspecified atom stereocenters. The van der Waals surface area contributed by atoms with E-state index in [0.29, 0.717) is 15.7 Å². The van der Waals surface area contributed by atoms with Crippen LogP contribution in [0.25, 0.3) is 0 Å². The number of halogens is 2. The summed E-state index contributed by atoms with van der Waals surface area (Å²) in [6, 6.07) is 4.44. The van der Waals surface area contributed by atoms with E-state index in [0.717, 1.165) is 6.08 Å². The Morgan fingerprint density at radius 3 is 2.22 bits per heavy atom. The van der Waals surface area contributed by atoms with Gasteiger partial charge in [0.25, 0.3) is 0 Å². The van der Waals surface area contributed by atoms with Gasteiger partial charge in [-0.25, -0.2) is 0 Å². The van der Waals surface area contributed by atoms with E-state index in [2.05, 4.69) is 11.9 Å². The van der Waals surface area contributed by atoms with Gasteiger partial charge >= 0.3 is 5.97 Å². The van der Waals surface area contributed by atoms with Crippen LogP contribution >= 0.6 is 23.2 Å². The van der Waals surface area contributed by atoms with Gasteiger partial charge in [0.2, 0.25) is 5.91 Å². The van der Waals surface area contributed by atoms with Crippen molar-refractivity contribution in [3.8, 4) is 0 Å². The summed E-state index contributed by atoms with van der Waals surface area (Å²) in [5.41, 5.74) is -1.39. The molecule has 1 amide bonds. The zero-order valence-corrected chi connectivity index (χ0v) is 11.0. The first-order chi connectivity index (χ1) is 8.29. The molecule has 0 heterocycles. The highest BCUT2D eigenvalue weighted by Gasteiger charge is 2.38. The molecule has 0 bridgehead atoms. The minimum absolute atomic E-state index is 0.326. The third-order valence-electron chi connectivity index (χ3n) is 2.44. The lowest BCUT2D eigenvalue weighted by molar-refractivity contribution is -0.149. The Morgan fingerprint density at radius 2 is 1.83 bits per heavy atom. The van der Waals surface area contributed by atoms with Gasteiger partial charge in [0.05, 0.1) is 0 Å². The lowest BCUT2D eigenvalue weighted by Gasteiger charge is -2.19. The summed E-state index contributed by atoms with van der Waals surface area (Å²) < 4.78 is 0. The SMILES string of the molecule is C=CC(C)(C(=O)O)C(=O)Nc1cc(Cl)cc(Cl)c1. The molecule has 1 rings (SSSR count). The molecule has 0 aromatic heterocycles. The van der Waals surface area contributed by atoms with Crippen molar-refractivity contribution in [2.45, 2.75) is 6.92 Å². The van der Waals surface area contributed by atoms with Crippen LogP contribution in [0.3, 0.4) is 0 Å². The number of carboxylic acids is 1. The van der Waals surface area contributed by atoms with Crippen LogP contribution in [0, 0.1) is 5.41 Å². The lowest BCUT2D eigenvalue weighted by atomic mass is 9.90. The number of hydrogen-bond acceptors (Lipinski definition) is 2. The minimum Gasteiger partial charge on any atom is -0.480 e. The first kappa shape index (κ1) is 14.5. The largest absolute Gasteiger partial charge is 0.480 e. The van der Waals surface area contributed by atoms with Crippen LogP contribution in [0.1, 0.15) is 6.92 Å². The molecule has 18 heavy (non-hydrogen) atoms. The van der Waals surface area contributed by atoms with E-state index in [1.165, 1.54) is 25.1 Å². The average Bonchev–Trinajstić information content (AvgIpc) is 2.25. The summed E-state index contributed by atoms with van der Waals surface area (Å²) in [6.45, 7) is 4.61. The number of carboxylic acid groups (broad SMARTS) is 1. The highest BCUT2D eigenvalue weighted by atomic mass is 35.5. The van der Waals surface area contributed by atoms with Crippen molar-refractivity contribution in [2.75, 3.05) is 5.32 Å². The van der Waals surface area contributed by atoms with Gasteiger partial charge in [-0.05, 0) is 25.1 Å². The molecule has 0 aliphatic rings. The normalized spacial score (nSPS) is 13.5. The van der Waals surface area contributed by atoms with E-state index in [1.54, 1.807) is 0 Å². The fourth-order valence-corrected chi connectivity index (χ4v) is 1.69. The highest BCUT2D eigenvalue weighted by molar-refractivity contribution is 6.35. The van der Waals surface area contributed by atoms with Gasteiger partial charge < -0.3 is 10.4 Å². The molecule has 96 valence electrons. The molecule has 1 atom stereocenters. The number of carbonyl (C=O) groups excluding carboxylic acids is 1. The molecule has 1 aromatic rings. The topological polar surface area (TPSA) is 66.4 Å². The summed E-state index contributed by atoms with van der Waals surface area (Å²) in [6.07, 6.45) is 1.07. The molecule has 6 heteroatoms. The van der Waals surface area contributed by atoms with Crippen LogP contribution in [-0.2, 0) is 9.59 Å². The number of benzene rings is 1. The van der Waals surface area contributed by atoms with Crippen molar-refractivity contribution < 1.29 is 14.7 Å². The van der Waals surface area contributed by atoms with Crippen molar-refractivity contribution in [2.24, 2.45) is 5.41 Å². The van der Waals surface area contributed by atoms with Crippen molar-refractivity contribution in [3.05, 3.63) is 40.9 Å². The molecule has 2 N–H and O–H groups in total.